The highest BCUT2D eigenvalue weighted by atomic mass is 35.5. The molecular formula is C13H15ClN2O. The van der Waals surface area contributed by atoms with E-state index >= 15 is 0 Å². The molecule has 3 nitrogen and oxygen atoms in total. The van der Waals surface area contributed by atoms with Gasteiger partial charge >= 0.3 is 0 Å². The van der Waals surface area contributed by atoms with Crippen molar-refractivity contribution in [2.75, 3.05) is 5.88 Å². The van der Waals surface area contributed by atoms with Crippen molar-refractivity contribution in [3.05, 3.63) is 29.6 Å². The van der Waals surface area contributed by atoms with Gasteiger partial charge in [0.25, 0.3) is 0 Å². The number of halogens is 1. The van der Waals surface area contributed by atoms with Gasteiger partial charge in [-0.3, -0.25) is 4.79 Å². The Kier molecular flexibility index (Phi) is 3.48. The molecule has 17 heavy (non-hydrogen) atoms. The van der Waals surface area contributed by atoms with Crippen LogP contribution in [0.4, 0.5) is 0 Å². The number of benzene rings is 1. The number of carbonyl (C=O) groups is 1. The van der Waals surface area contributed by atoms with Gasteiger partial charge in [-0.2, -0.15) is 0 Å². The lowest BCUT2D eigenvalue weighted by Crippen LogP contribution is -1.99. The maximum absolute atomic E-state index is 11.8. The normalized spacial score (nSPS) is 11.0. The summed E-state index contributed by atoms with van der Waals surface area (Å²) in [5.74, 6) is 1.61. The second-order valence-corrected chi connectivity index (χ2v) is 4.52. The van der Waals surface area contributed by atoms with Crippen molar-refractivity contribution in [2.45, 2.75) is 19.8 Å². The molecule has 0 atom stereocenters. The van der Waals surface area contributed by atoms with Gasteiger partial charge < -0.3 is 4.57 Å². The van der Waals surface area contributed by atoms with Crippen LogP contribution in [-0.4, -0.2) is 21.2 Å². The average molecular weight is 251 g/mol. The van der Waals surface area contributed by atoms with E-state index in [1.807, 2.05) is 36.7 Å². The number of ketones is 1. The number of nitrogens with zero attached hydrogens (tertiary/aromatic N) is 2. The average Bonchev–Trinajstić information content (AvgIpc) is 2.61. The van der Waals surface area contributed by atoms with E-state index in [0.29, 0.717) is 12.3 Å². The minimum atomic E-state index is 0.135. The van der Waals surface area contributed by atoms with Gasteiger partial charge in [-0.05, 0) is 31.5 Å². The number of aryl methyl sites for hydroxylation is 2. The van der Waals surface area contributed by atoms with Crippen LogP contribution < -0.4 is 0 Å². The summed E-state index contributed by atoms with van der Waals surface area (Å²) < 4.78 is 2.02. The quantitative estimate of drug-likeness (QED) is 0.617. The zero-order valence-electron chi connectivity index (χ0n) is 10.0. The highest BCUT2D eigenvalue weighted by molar-refractivity contribution is 6.18. The Balaban J connectivity index is 2.35. The molecule has 4 heteroatoms. The van der Waals surface area contributed by atoms with Gasteiger partial charge in [0.2, 0.25) is 0 Å². The Morgan fingerprint density at radius 2 is 2.24 bits per heavy atom. The van der Waals surface area contributed by atoms with Crippen LogP contribution in [0.15, 0.2) is 18.2 Å². The summed E-state index contributed by atoms with van der Waals surface area (Å²) in [6.07, 6.45) is 1.22. The third-order valence-electron chi connectivity index (χ3n) is 2.96. The van der Waals surface area contributed by atoms with E-state index in [2.05, 4.69) is 4.98 Å². The summed E-state index contributed by atoms with van der Waals surface area (Å²) in [5.41, 5.74) is 2.65. The van der Waals surface area contributed by atoms with Gasteiger partial charge in [0.15, 0.2) is 5.78 Å². The number of imidazole rings is 1. The molecule has 0 unspecified atom stereocenters. The van der Waals surface area contributed by atoms with Crippen molar-refractivity contribution in [3.8, 4) is 0 Å². The molecule has 0 aliphatic carbocycles. The van der Waals surface area contributed by atoms with E-state index in [-0.39, 0.29) is 5.78 Å². The summed E-state index contributed by atoms with van der Waals surface area (Å²) >= 11 is 5.58. The zero-order chi connectivity index (χ0) is 12.4. The zero-order valence-corrected chi connectivity index (χ0v) is 10.8. The first-order valence-corrected chi connectivity index (χ1v) is 6.19. The van der Waals surface area contributed by atoms with E-state index in [1.54, 1.807) is 0 Å². The maximum atomic E-state index is 11.8. The first-order valence-electron chi connectivity index (χ1n) is 5.65. The maximum Gasteiger partial charge on any atom is 0.162 e. The highest BCUT2D eigenvalue weighted by Crippen LogP contribution is 2.17. The van der Waals surface area contributed by atoms with Crippen molar-refractivity contribution < 1.29 is 4.79 Å². The van der Waals surface area contributed by atoms with Crippen LogP contribution in [0.25, 0.3) is 11.0 Å². The molecule has 1 heterocycles. The summed E-state index contributed by atoms with van der Waals surface area (Å²) in [6, 6.07) is 5.67. The molecule has 0 amide bonds. The van der Waals surface area contributed by atoms with Gasteiger partial charge in [-0.1, -0.05) is 0 Å². The van der Waals surface area contributed by atoms with E-state index in [1.165, 1.54) is 0 Å². The molecule has 2 rings (SSSR count). The lowest BCUT2D eigenvalue weighted by Gasteiger charge is -2.00. The van der Waals surface area contributed by atoms with Gasteiger partial charge in [0.05, 0.1) is 11.0 Å². The molecule has 1 aromatic heterocycles. The van der Waals surface area contributed by atoms with Gasteiger partial charge in [0, 0.05) is 24.9 Å². The first kappa shape index (κ1) is 12.1. The lowest BCUT2D eigenvalue weighted by atomic mass is 10.1. The number of hydrogen-bond acceptors (Lipinski definition) is 2. The molecule has 0 N–H and O–H groups in total. The molecule has 0 saturated carbocycles. The number of aromatic nitrogens is 2. The molecule has 0 radical (unpaired) electrons. The van der Waals surface area contributed by atoms with Crippen molar-refractivity contribution >= 4 is 28.4 Å². The van der Waals surface area contributed by atoms with Gasteiger partial charge in [-0.25, -0.2) is 4.98 Å². The molecule has 0 aliphatic heterocycles. The molecule has 1 aromatic carbocycles. The van der Waals surface area contributed by atoms with E-state index in [4.69, 9.17) is 11.6 Å². The van der Waals surface area contributed by atoms with Crippen LogP contribution in [-0.2, 0) is 7.05 Å². The van der Waals surface area contributed by atoms with Gasteiger partial charge in [0.1, 0.15) is 5.82 Å². The summed E-state index contributed by atoms with van der Waals surface area (Å²) in [7, 11) is 1.97. The second kappa shape index (κ2) is 4.88. The van der Waals surface area contributed by atoms with Gasteiger partial charge in [-0.15, -0.1) is 11.6 Å². The predicted molar refractivity (Wildman–Crippen MR) is 69.7 cm³/mol. The number of alkyl halides is 1. The number of fused-ring (bicyclic) bond motifs is 1. The first-order chi connectivity index (χ1) is 8.13. The molecule has 90 valence electrons. The predicted octanol–water partition coefficient (Wildman–Crippen LogP) is 3.08. The van der Waals surface area contributed by atoms with E-state index < -0.39 is 0 Å². The van der Waals surface area contributed by atoms with Crippen molar-refractivity contribution in [1.82, 2.24) is 9.55 Å². The number of hydrogen-bond donors (Lipinski definition) is 0. The fourth-order valence-electron chi connectivity index (χ4n) is 1.87. The topological polar surface area (TPSA) is 34.9 Å². The minimum absolute atomic E-state index is 0.135. The van der Waals surface area contributed by atoms with Crippen LogP contribution in [0.2, 0.25) is 0 Å². The molecule has 2 aromatic rings. The Hall–Kier alpha value is -1.35. The Morgan fingerprint density at radius 1 is 1.47 bits per heavy atom. The molecule has 0 bridgehead atoms. The lowest BCUT2D eigenvalue weighted by molar-refractivity contribution is 0.0982. The third-order valence-corrected chi connectivity index (χ3v) is 3.23. The Bertz CT molecular complexity index is 560. The van der Waals surface area contributed by atoms with Crippen molar-refractivity contribution in [1.29, 1.82) is 0 Å². The third kappa shape index (κ3) is 2.34. The molecule has 0 aliphatic rings. The van der Waals surface area contributed by atoms with Crippen LogP contribution in [0.1, 0.15) is 29.0 Å². The van der Waals surface area contributed by atoms with E-state index in [0.717, 1.165) is 28.8 Å². The van der Waals surface area contributed by atoms with Crippen LogP contribution in [0, 0.1) is 6.92 Å². The Morgan fingerprint density at radius 3 is 2.94 bits per heavy atom. The monoisotopic (exact) mass is 250 g/mol. The summed E-state index contributed by atoms with van der Waals surface area (Å²) in [6.45, 7) is 1.95. The minimum Gasteiger partial charge on any atom is -0.331 e. The van der Waals surface area contributed by atoms with E-state index in [9.17, 15) is 4.79 Å². The fourth-order valence-corrected chi connectivity index (χ4v) is 2.00. The Labute approximate surface area is 105 Å². The highest BCUT2D eigenvalue weighted by Gasteiger charge is 2.09. The molecular weight excluding hydrogens is 236 g/mol. The van der Waals surface area contributed by atoms with Crippen LogP contribution in [0.3, 0.4) is 0 Å². The SMILES string of the molecule is Cc1nc2cc(C(=O)CCCCl)ccc2n1C. The number of rotatable bonds is 4. The summed E-state index contributed by atoms with van der Waals surface area (Å²) in [4.78, 5) is 16.3. The molecule has 0 spiro atoms. The number of Topliss-reactive ketones (excluding diaryl/α,β-unsaturated/α-hetero) is 1. The standard InChI is InChI=1S/C13H15ClN2O/c1-9-15-11-8-10(13(17)4-3-7-14)5-6-12(11)16(9)2/h5-6,8H,3-4,7H2,1-2H3. The second-order valence-electron chi connectivity index (χ2n) is 4.14. The van der Waals surface area contributed by atoms with Crippen molar-refractivity contribution in [3.63, 3.8) is 0 Å². The molecule has 0 fully saturated rings. The smallest absolute Gasteiger partial charge is 0.162 e. The fraction of sp³-hybridized carbons (Fsp3) is 0.385. The molecule has 0 saturated heterocycles. The summed E-state index contributed by atoms with van der Waals surface area (Å²) in [5, 5.41) is 0. The van der Waals surface area contributed by atoms with Crippen LogP contribution >= 0.6 is 11.6 Å². The van der Waals surface area contributed by atoms with Crippen molar-refractivity contribution in [2.24, 2.45) is 7.05 Å². The number of carbonyl (C=O) groups excluding carboxylic acids is 1. The largest absolute Gasteiger partial charge is 0.331 e. The van der Waals surface area contributed by atoms with Crippen LogP contribution in [0.5, 0.6) is 0 Å².